The molecule has 21 heavy (non-hydrogen) atoms. The number of benzene rings is 1. The maximum absolute atomic E-state index is 11.1. The van der Waals surface area contributed by atoms with Crippen LogP contribution >= 0.6 is 23.4 Å². The van der Waals surface area contributed by atoms with Crippen molar-refractivity contribution in [1.29, 1.82) is 0 Å². The van der Waals surface area contributed by atoms with Crippen LogP contribution in [0, 0.1) is 0 Å². The van der Waals surface area contributed by atoms with Crippen molar-refractivity contribution < 1.29 is 14.3 Å². The van der Waals surface area contributed by atoms with E-state index in [9.17, 15) is 4.79 Å². The first kappa shape index (κ1) is 16.5. The molecule has 2 rings (SSSR count). The normalized spacial score (nSPS) is 21.9. The standard InChI is InChI=1S/C16H21ClO3S/c1-19-11-7-8-14(20-2)13(9-11)12-5-3-4-6-15(12)21-10-16(17)18/h7-9,12,15H,3-6,10H2,1-2H3. The summed E-state index contributed by atoms with van der Waals surface area (Å²) in [5.74, 6) is 2.48. The van der Waals surface area contributed by atoms with Gasteiger partial charge < -0.3 is 9.47 Å². The Morgan fingerprint density at radius 2 is 2.05 bits per heavy atom. The van der Waals surface area contributed by atoms with Crippen LogP contribution in [0.15, 0.2) is 18.2 Å². The van der Waals surface area contributed by atoms with E-state index >= 15 is 0 Å². The van der Waals surface area contributed by atoms with Crippen molar-refractivity contribution >= 4 is 28.6 Å². The van der Waals surface area contributed by atoms with Crippen LogP contribution in [0.1, 0.15) is 37.2 Å². The summed E-state index contributed by atoms with van der Waals surface area (Å²) in [5, 5.41) is 0.129. The van der Waals surface area contributed by atoms with Crippen LogP contribution in [-0.4, -0.2) is 30.5 Å². The molecule has 1 aromatic rings. The third-order valence-electron chi connectivity index (χ3n) is 3.95. The summed E-state index contributed by atoms with van der Waals surface area (Å²) in [6, 6.07) is 5.93. The maximum atomic E-state index is 11.1. The van der Waals surface area contributed by atoms with Crippen LogP contribution in [0.3, 0.4) is 0 Å². The molecule has 0 radical (unpaired) electrons. The molecule has 0 amide bonds. The van der Waals surface area contributed by atoms with Gasteiger partial charge in [-0.25, -0.2) is 0 Å². The van der Waals surface area contributed by atoms with Gasteiger partial charge in [-0.2, -0.15) is 0 Å². The largest absolute Gasteiger partial charge is 0.497 e. The van der Waals surface area contributed by atoms with Gasteiger partial charge in [0.25, 0.3) is 0 Å². The van der Waals surface area contributed by atoms with Crippen LogP contribution in [-0.2, 0) is 4.79 Å². The quantitative estimate of drug-likeness (QED) is 0.732. The highest BCUT2D eigenvalue weighted by Crippen LogP contribution is 2.44. The van der Waals surface area contributed by atoms with Crippen molar-refractivity contribution in [2.75, 3.05) is 20.0 Å². The summed E-state index contributed by atoms with van der Waals surface area (Å²) >= 11 is 7.16. The molecule has 0 bridgehead atoms. The average molecular weight is 329 g/mol. The number of halogens is 1. The fraction of sp³-hybridized carbons (Fsp3) is 0.562. The van der Waals surface area contributed by atoms with Crippen LogP contribution in [0.4, 0.5) is 0 Å². The molecule has 0 aromatic heterocycles. The summed E-state index contributed by atoms with van der Waals surface area (Å²) in [4.78, 5) is 11.1. The summed E-state index contributed by atoms with van der Waals surface area (Å²) in [6.45, 7) is 0. The first-order valence-corrected chi connectivity index (χ1v) is 8.60. The Morgan fingerprint density at radius 3 is 2.71 bits per heavy atom. The van der Waals surface area contributed by atoms with Gasteiger partial charge in [0.1, 0.15) is 11.5 Å². The van der Waals surface area contributed by atoms with Crippen LogP contribution in [0.5, 0.6) is 11.5 Å². The third kappa shape index (κ3) is 4.30. The van der Waals surface area contributed by atoms with Gasteiger partial charge in [0.15, 0.2) is 0 Å². The van der Waals surface area contributed by atoms with E-state index < -0.39 is 0 Å². The number of methoxy groups -OCH3 is 2. The summed E-state index contributed by atoms with van der Waals surface area (Å²) in [7, 11) is 3.36. The summed E-state index contributed by atoms with van der Waals surface area (Å²) in [6.07, 6.45) is 4.63. The maximum Gasteiger partial charge on any atom is 0.231 e. The zero-order chi connectivity index (χ0) is 15.2. The average Bonchev–Trinajstić information content (AvgIpc) is 2.52. The molecule has 1 aliphatic rings. The van der Waals surface area contributed by atoms with Crippen LogP contribution in [0.2, 0.25) is 0 Å². The van der Waals surface area contributed by atoms with Crippen molar-refractivity contribution in [2.45, 2.75) is 36.9 Å². The van der Waals surface area contributed by atoms with E-state index in [0.717, 1.165) is 24.3 Å². The molecule has 1 aliphatic carbocycles. The Balaban J connectivity index is 2.25. The SMILES string of the molecule is COc1ccc(OC)c(C2CCCCC2SCC(=O)Cl)c1. The number of carbonyl (C=O) groups excluding carboxylic acids is 1. The van der Waals surface area contributed by atoms with E-state index in [4.69, 9.17) is 21.1 Å². The number of rotatable bonds is 6. The topological polar surface area (TPSA) is 35.5 Å². The van der Waals surface area contributed by atoms with Gasteiger partial charge >= 0.3 is 0 Å². The highest BCUT2D eigenvalue weighted by atomic mass is 35.5. The molecule has 3 nitrogen and oxygen atoms in total. The molecule has 5 heteroatoms. The van der Waals surface area contributed by atoms with Crippen molar-refractivity contribution in [3.8, 4) is 11.5 Å². The lowest BCUT2D eigenvalue weighted by atomic mass is 9.83. The third-order valence-corrected chi connectivity index (χ3v) is 5.66. The van der Waals surface area contributed by atoms with Crippen molar-refractivity contribution in [3.05, 3.63) is 23.8 Å². The number of hydrogen-bond donors (Lipinski definition) is 0. The minimum atomic E-state index is -0.276. The molecule has 1 saturated carbocycles. The van der Waals surface area contributed by atoms with E-state index in [1.807, 2.05) is 12.1 Å². The number of thioether (sulfide) groups is 1. The lowest BCUT2D eigenvalue weighted by Crippen LogP contribution is -2.22. The van der Waals surface area contributed by atoms with Gasteiger partial charge in [0.05, 0.1) is 20.0 Å². The van der Waals surface area contributed by atoms with Crippen molar-refractivity contribution in [1.82, 2.24) is 0 Å². The minimum Gasteiger partial charge on any atom is -0.497 e. The molecule has 0 saturated heterocycles. The zero-order valence-corrected chi connectivity index (χ0v) is 14.0. The number of carbonyl (C=O) groups is 1. The van der Waals surface area contributed by atoms with Gasteiger partial charge in [0.2, 0.25) is 5.24 Å². The first-order valence-electron chi connectivity index (χ1n) is 7.17. The molecule has 2 unspecified atom stereocenters. The lowest BCUT2D eigenvalue weighted by molar-refractivity contribution is -0.109. The second-order valence-corrected chi connectivity index (χ2v) is 6.85. The number of ether oxygens (including phenoxy) is 2. The molecule has 1 fully saturated rings. The predicted molar refractivity (Wildman–Crippen MR) is 87.9 cm³/mol. The fourth-order valence-electron chi connectivity index (χ4n) is 2.95. The highest BCUT2D eigenvalue weighted by molar-refractivity contribution is 8.00. The van der Waals surface area contributed by atoms with Crippen LogP contribution < -0.4 is 9.47 Å². The Labute approximate surface area is 135 Å². The summed E-state index contributed by atoms with van der Waals surface area (Å²) < 4.78 is 10.9. The Kier molecular flexibility index (Phi) is 6.24. The second kappa shape index (κ2) is 7.95. The van der Waals surface area contributed by atoms with Gasteiger partial charge in [-0.1, -0.05) is 12.8 Å². The predicted octanol–water partition coefficient (Wildman–Crippen LogP) is 4.23. The second-order valence-electron chi connectivity index (χ2n) is 5.20. The molecule has 116 valence electrons. The van der Waals surface area contributed by atoms with Crippen molar-refractivity contribution in [2.24, 2.45) is 0 Å². The molecule has 0 aliphatic heterocycles. The zero-order valence-electron chi connectivity index (χ0n) is 12.4. The Bertz CT molecular complexity index is 492. The fourth-order valence-corrected chi connectivity index (χ4v) is 4.34. The van der Waals surface area contributed by atoms with Gasteiger partial charge in [-0.05, 0) is 48.6 Å². The van der Waals surface area contributed by atoms with E-state index in [2.05, 4.69) is 6.07 Å². The molecule has 2 atom stereocenters. The van der Waals surface area contributed by atoms with E-state index in [1.54, 1.807) is 26.0 Å². The molecule has 0 spiro atoms. The van der Waals surface area contributed by atoms with E-state index in [-0.39, 0.29) is 5.24 Å². The molecule has 0 heterocycles. The van der Waals surface area contributed by atoms with Crippen molar-refractivity contribution in [3.63, 3.8) is 0 Å². The lowest BCUT2D eigenvalue weighted by Gasteiger charge is -2.32. The van der Waals surface area contributed by atoms with E-state index in [0.29, 0.717) is 16.9 Å². The molecule has 0 N–H and O–H groups in total. The minimum absolute atomic E-state index is 0.276. The van der Waals surface area contributed by atoms with E-state index in [1.165, 1.54) is 18.4 Å². The highest BCUT2D eigenvalue weighted by Gasteiger charge is 2.29. The molecule has 1 aromatic carbocycles. The number of hydrogen-bond acceptors (Lipinski definition) is 4. The van der Waals surface area contributed by atoms with Gasteiger partial charge in [-0.15, -0.1) is 11.8 Å². The Hall–Kier alpha value is -0.870. The smallest absolute Gasteiger partial charge is 0.231 e. The van der Waals surface area contributed by atoms with Crippen LogP contribution in [0.25, 0.3) is 0 Å². The van der Waals surface area contributed by atoms with Gasteiger partial charge in [0, 0.05) is 10.8 Å². The first-order chi connectivity index (χ1) is 10.2. The summed E-state index contributed by atoms with van der Waals surface area (Å²) in [5.41, 5.74) is 1.18. The molecular formula is C16H21ClO3S. The monoisotopic (exact) mass is 328 g/mol. The molecular weight excluding hydrogens is 308 g/mol. The van der Waals surface area contributed by atoms with Gasteiger partial charge in [-0.3, -0.25) is 4.79 Å². The Morgan fingerprint density at radius 1 is 1.29 bits per heavy atom.